The molecule has 11 nitrogen and oxygen atoms in total. The van der Waals surface area contributed by atoms with Crippen molar-refractivity contribution >= 4 is 23.7 Å². The molecule has 2 N–H and O–H groups in total. The molecule has 0 aliphatic carbocycles. The van der Waals surface area contributed by atoms with Crippen LogP contribution in [0.15, 0.2) is 110 Å². The summed E-state index contributed by atoms with van der Waals surface area (Å²) in [4.78, 5) is 41.0. The maximum Gasteiger partial charge on any atom is 0.412 e. The Balaban J connectivity index is 1.67. The van der Waals surface area contributed by atoms with E-state index < -0.39 is 67.2 Å². The molecule has 7 atom stereocenters. The smallest absolute Gasteiger partial charge is 0.412 e. The number of benzene rings is 3. The molecule has 1 amide bonds. The molecule has 1 aliphatic rings. The highest BCUT2D eigenvalue weighted by molar-refractivity contribution is 5.85. The van der Waals surface area contributed by atoms with E-state index in [0.717, 1.165) is 11.1 Å². The van der Waals surface area contributed by atoms with E-state index in [2.05, 4.69) is 18.5 Å². The van der Waals surface area contributed by atoms with Gasteiger partial charge in [0.05, 0.1) is 30.1 Å². The SMILES string of the molecule is C=CC[C@H](Cc1ccccc1)C(=O)O[C@H]1[C@@H](OC(=O)Nc2ccc(C#N)cc2)[C@@H](CO)O[C@H](OC)[C@@H]1OC(=O)[C@H](CC=C)Cc1ccccc1. The number of rotatable bonds is 16. The zero-order valence-electron chi connectivity index (χ0n) is 27.9. The summed E-state index contributed by atoms with van der Waals surface area (Å²) < 4.78 is 29.4. The van der Waals surface area contributed by atoms with Gasteiger partial charge in [-0.3, -0.25) is 14.9 Å². The fourth-order valence-corrected chi connectivity index (χ4v) is 5.70. The second-order valence-corrected chi connectivity index (χ2v) is 11.8. The van der Waals surface area contributed by atoms with E-state index in [1.807, 2.05) is 66.7 Å². The molecule has 0 unspecified atom stereocenters. The predicted octanol–water partition coefficient (Wildman–Crippen LogP) is 5.53. The number of anilines is 1. The van der Waals surface area contributed by atoms with Gasteiger partial charge in [-0.2, -0.15) is 5.26 Å². The molecule has 3 aromatic rings. The number of methoxy groups -OCH3 is 1. The average molecular weight is 683 g/mol. The van der Waals surface area contributed by atoms with Crippen molar-refractivity contribution in [1.82, 2.24) is 0 Å². The third-order valence-corrected chi connectivity index (χ3v) is 8.23. The lowest BCUT2D eigenvalue weighted by atomic mass is 9.94. The third-order valence-electron chi connectivity index (χ3n) is 8.23. The standard InChI is InChI=1S/C39H42N2O9/c1-4-12-29(22-26-14-8-6-9-15-26)36(43)48-34-33(50-39(45)41-31-20-18-28(24-40)19-21-31)32(25-42)47-38(46-3)35(34)49-37(44)30(13-5-2)23-27-16-10-7-11-17-27/h4-11,14-21,29-30,32-35,38,42H,1-2,12-13,22-23,25H2,3H3,(H,41,45)/t29-,30-,32-,33+,34+,35-,38+/m1/s1. The van der Waals surface area contributed by atoms with Gasteiger partial charge < -0.3 is 28.8 Å². The number of carbonyl (C=O) groups excluding carboxylic acids is 3. The molecule has 0 bridgehead atoms. The number of allylic oxidation sites excluding steroid dienone is 2. The number of nitrogens with zero attached hydrogens (tertiary/aromatic N) is 1. The summed E-state index contributed by atoms with van der Waals surface area (Å²) in [6, 6.07) is 26.8. The molecule has 1 heterocycles. The minimum atomic E-state index is -1.46. The number of nitriles is 1. The maximum atomic E-state index is 13.9. The van der Waals surface area contributed by atoms with Crippen LogP contribution >= 0.6 is 0 Å². The molecule has 11 heteroatoms. The minimum absolute atomic E-state index is 0.266. The number of esters is 2. The molecule has 4 rings (SSSR count). The third kappa shape index (κ3) is 10.4. The molecule has 0 saturated carbocycles. The molecular formula is C39H42N2O9. The monoisotopic (exact) mass is 682 g/mol. The van der Waals surface area contributed by atoms with Crippen molar-refractivity contribution in [3.8, 4) is 6.07 Å². The Kier molecular flexibility index (Phi) is 14.3. The van der Waals surface area contributed by atoms with Crippen LogP contribution in [-0.2, 0) is 46.1 Å². The Labute approximate surface area is 292 Å². The molecule has 3 aromatic carbocycles. The van der Waals surface area contributed by atoms with Crippen molar-refractivity contribution in [2.45, 2.75) is 56.4 Å². The van der Waals surface area contributed by atoms with Crippen molar-refractivity contribution in [1.29, 1.82) is 5.26 Å². The Morgan fingerprint density at radius 1 is 0.820 bits per heavy atom. The number of hydrogen-bond donors (Lipinski definition) is 2. The first kappa shape index (κ1) is 37.5. The summed E-state index contributed by atoms with van der Waals surface area (Å²) in [5.74, 6) is -2.66. The Hall–Kier alpha value is -5.28. The van der Waals surface area contributed by atoms with Crippen LogP contribution in [-0.4, -0.2) is 67.6 Å². The van der Waals surface area contributed by atoms with Crippen molar-refractivity contribution in [3.05, 3.63) is 127 Å². The number of ether oxygens (including phenoxy) is 5. The number of nitrogens with one attached hydrogen (secondary N) is 1. The van der Waals surface area contributed by atoms with Gasteiger partial charge in [-0.05, 0) is 61.1 Å². The lowest BCUT2D eigenvalue weighted by molar-refractivity contribution is -0.300. The number of aliphatic hydroxyl groups is 1. The van der Waals surface area contributed by atoms with Crippen LogP contribution in [0.4, 0.5) is 10.5 Å². The highest BCUT2D eigenvalue weighted by Gasteiger charge is 2.53. The van der Waals surface area contributed by atoms with E-state index in [9.17, 15) is 19.5 Å². The van der Waals surface area contributed by atoms with Gasteiger partial charge in [0.25, 0.3) is 0 Å². The number of amides is 1. The summed E-state index contributed by atoms with van der Waals surface area (Å²) in [6.45, 7) is 6.94. The summed E-state index contributed by atoms with van der Waals surface area (Å²) in [5.41, 5.74) is 2.49. The van der Waals surface area contributed by atoms with Gasteiger partial charge in [-0.25, -0.2) is 4.79 Å². The van der Waals surface area contributed by atoms with Gasteiger partial charge in [0.1, 0.15) is 6.10 Å². The predicted molar refractivity (Wildman–Crippen MR) is 184 cm³/mol. The molecule has 50 heavy (non-hydrogen) atoms. The molecular weight excluding hydrogens is 640 g/mol. The highest BCUT2D eigenvalue weighted by atomic mass is 16.7. The van der Waals surface area contributed by atoms with Gasteiger partial charge in [0.15, 0.2) is 24.6 Å². The minimum Gasteiger partial charge on any atom is -0.454 e. The normalized spacial score (nSPS) is 21.0. The van der Waals surface area contributed by atoms with Gasteiger partial charge in [-0.15, -0.1) is 13.2 Å². The molecule has 262 valence electrons. The summed E-state index contributed by atoms with van der Waals surface area (Å²) in [5, 5.41) is 22.0. The van der Waals surface area contributed by atoms with Crippen molar-refractivity contribution in [2.75, 3.05) is 19.0 Å². The van der Waals surface area contributed by atoms with E-state index in [0.29, 0.717) is 24.1 Å². The van der Waals surface area contributed by atoms with Crippen LogP contribution in [0.3, 0.4) is 0 Å². The van der Waals surface area contributed by atoms with Crippen LogP contribution < -0.4 is 5.32 Å². The van der Waals surface area contributed by atoms with E-state index >= 15 is 0 Å². The van der Waals surface area contributed by atoms with Crippen LogP contribution in [0, 0.1) is 23.2 Å². The maximum absolute atomic E-state index is 13.9. The van der Waals surface area contributed by atoms with Crippen LogP contribution in [0.25, 0.3) is 0 Å². The number of aliphatic hydroxyl groups excluding tert-OH is 1. The zero-order valence-corrected chi connectivity index (χ0v) is 27.9. The Bertz CT molecular complexity index is 1610. The second kappa shape index (κ2) is 19.0. The summed E-state index contributed by atoms with van der Waals surface area (Å²) in [7, 11) is 1.32. The van der Waals surface area contributed by atoms with Crippen LogP contribution in [0.5, 0.6) is 0 Å². The van der Waals surface area contributed by atoms with Crippen LogP contribution in [0.2, 0.25) is 0 Å². The zero-order chi connectivity index (χ0) is 35.9. The highest BCUT2D eigenvalue weighted by Crippen LogP contribution is 2.32. The van der Waals surface area contributed by atoms with Gasteiger partial charge in [-0.1, -0.05) is 72.8 Å². The first-order chi connectivity index (χ1) is 24.3. The molecule has 0 spiro atoms. The lowest BCUT2D eigenvalue weighted by Gasteiger charge is -2.44. The fraction of sp³-hybridized carbons (Fsp3) is 0.333. The van der Waals surface area contributed by atoms with Gasteiger partial charge in [0, 0.05) is 12.8 Å². The lowest BCUT2D eigenvalue weighted by Crippen LogP contribution is -2.63. The Morgan fingerprint density at radius 2 is 1.34 bits per heavy atom. The van der Waals surface area contributed by atoms with Crippen molar-refractivity contribution in [2.24, 2.45) is 11.8 Å². The van der Waals surface area contributed by atoms with E-state index in [4.69, 9.17) is 28.9 Å². The Morgan fingerprint density at radius 3 is 1.80 bits per heavy atom. The molecule has 1 saturated heterocycles. The summed E-state index contributed by atoms with van der Waals surface area (Å²) >= 11 is 0. The summed E-state index contributed by atoms with van der Waals surface area (Å²) in [6.07, 6.45) is -3.39. The van der Waals surface area contributed by atoms with Crippen LogP contribution in [0.1, 0.15) is 29.5 Å². The van der Waals surface area contributed by atoms with E-state index in [-0.39, 0.29) is 12.8 Å². The molecule has 0 aromatic heterocycles. The quantitative estimate of drug-likeness (QED) is 0.112. The molecule has 1 aliphatic heterocycles. The van der Waals surface area contributed by atoms with Crippen molar-refractivity contribution < 1.29 is 43.2 Å². The second-order valence-electron chi connectivity index (χ2n) is 11.8. The van der Waals surface area contributed by atoms with Gasteiger partial charge in [0.2, 0.25) is 0 Å². The molecule has 1 fully saturated rings. The number of hydrogen-bond acceptors (Lipinski definition) is 10. The average Bonchev–Trinajstić information content (AvgIpc) is 3.13. The number of carbonyl (C=O) groups is 3. The first-order valence-electron chi connectivity index (χ1n) is 16.3. The first-order valence-corrected chi connectivity index (χ1v) is 16.3. The van der Waals surface area contributed by atoms with E-state index in [1.165, 1.54) is 31.4 Å². The molecule has 0 radical (unpaired) electrons. The van der Waals surface area contributed by atoms with Gasteiger partial charge >= 0.3 is 18.0 Å². The largest absolute Gasteiger partial charge is 0.454 e. The fourth-order valence-electron chi connectivity index (χ4n) is 5.70. The van der Waals surface area contributed by atoms with E-state index in [1.54, 1.807) is 12.2 Å². The van der Waals surface area contributed by atoms with Crippen molar-refractivity contribution in [3.63, 3.8) is 0 Å². The topological polar surface area (TPSA) is 153 Å².